The van der Waals surface area contributed by atoms with E-state index in [0.717, 1.165) is 24.5 Å². The van der Waals surface area contributed by atoms with Gasteiger partial charge in [-0.1, -0.05) is 48.5 Å². The number of nitrogens with one attached hydrogen (secondary N) is 2. The number of aromatic nitrogens is 1. The second kappa shape index (κ2) is 13.5. The molecule has 0 unspecified atom stereocenters. The van der Waals surface area contributed by atoms with Crippen LogP contribution in [0.25, 0.3) is 0 Å². The van der Waals surface area contributed by atoms with Crippen molar-refractivity contribution in [3.8, 4) is 17.4 Å². The SMILES string of the molecule is CCOc1ccccc1Oc1ccc(CNC(=NC)NCCc2ccccc2)cn1.I. The first-order valence-corrected chi connectivity index (χ1v) is 10.1. The predicted octanol–water partition coefficient (Wildman–Crippen LogP) is 4.80. The molecule has 1 heterocycles. The molecule has 0 radical (unpaired) electrons. The monoisotopic (exact) mass is 532 g/mol. The third-order valence-corrected chi connectivity index (χ3v) is 4.39. The van der Waals surface area contributed by atoms with E-state index in [1.807, 2.05) is 49.4 Å². The highest BCUT2D eigenvalue weighted by molar-refractivity contribution is 14.0. The minimum absolute atomic E-state index is 0. The van der Waals surface area contributed by atoms with Gasteiger partial charge in [0.25, 0.3) is 0 Å². The van der Waals surface area contributed by atoms with Gasteiger partial charge < -0.3 is 20.1 Å². The maximum Gasteiger partial charge on any atom is 0.219 e. The van der Waals surface area contributed by atoms with Crippen molar-refractivity contribution < 1.29 is 9.47 Å². The van der Waals surface area contributed by atoms with Gasteiger partial charge in [-0.25, -0.2) is 4.98 Å². The average Bonchev–Trinajstić information content (AvgIpc) is 2.79. The molecule has 0 amide bonds. The number of guanidine groups is 1. The lowest BCUT2D eigenvalue weighted by molar-refractivity contribution is 0.319. The van der Waals surface area contributed by atoms with Crippen LogP contribution >= 0.6 is 24.0 Å². The number of halogens is 1. The van der Waals surface area contributed by atoms with E-state index in [4.69, 9.17) is 9.47 Å². The minimum Gasteiger partial charge on any atom is -0.490 e. The molecule has 6 nitrogen and oxygen atoms in total. The molecule has 2 N–H and O–H groups in total. The third kappa shape index (κ3) is 8.09. The highest BCUT2D eigenvalue weighted by Crippen LogP contribution is 2.30. The molecule has 2 aromatic carbocycles. The van der Waals surface area contributed by atoms with Gasteiger partial charge in [0.05, 0.1) is 6.61 Å². The first-order valence-electron chi connectivity index (χ1n) is 10.1. The van der Waals surface area contributed by atoms with Gasteiger partial charge in [-0.15, -0.1) is 24.0 Å². The van der Waals surface area contributed by atoms with Crippen LogP contribution in [0.3, 0.4) is 0 Å². The Balaban J connectivity index is 0.00000341. The van der Waals surface area contributed by atoms with Crippen molar-refractivity contribution in [2.75, 3.05) is 20.2 Å². The van der Waals surface area contributed by atoms with E-state index in [9.17, 15) is 0 Å². The fourth-order valence-electron chi connectivity index (χ4n) is 2.87. The molecule has 0 aliphatic carbocycles. The third-order valence-electron chi connectivity index (χ3n) is 4.39. The molecule has 0 bridgehead atoms. The van der Waals surface area contributed by atoms with Gasteiger partial charge in [0.1, 0.15) is 0 Å². The van der Waals surface area contributed by atoms with E-state index in [1.165, 1.54) is 5.56 Å². The number of hydrogen-bond acceptors (Lipinski definition) is 4. The lowest BCUT2D eigenvalue weighted by Crippen LogP contribution is -2.37. The van der Waals surface area contributed by atoms with E-state index >= 15 is 0 Å². The summed E-state index contributed by atoms with van der Waals surface area (Å²) in [6, 6.07) is 21.8. The Kier molecular flexibility index (Phi) is 10.6. The van der Waals surface area contributed by atoms with Gasteiger partial charge in [-0.3, -0.25) is 4.99 Å². The summed E-state index contributed by atoms with van der Waals surface area (Å²) >= 11 is 0. The molecule has 0 aliphatic heterocycles. The van der Waals surface area contributed by atoms with Crippen LogP contribution in [0.15, 0.2) is 77.9 Å². The fourth-order valence-corrected chi connectivity index (χ4v) is 2.87. The molecular formula is C24H29IN4O2. The molecule has 3 aromatic rings. The number of nitrogens with zero attached hydrogens (tertiary/aromatic N) is 2. The molecule has 0 spiro atoms. The summed E-state index contributed by atoms with van der Waals surface area (Å²) in [6.45, 7) is 3.96. The van der Waals surface area contributed by atoms with Crippen LogP contribution in [-0.2, 0) is 13.0 Å². The Bertz CT molecular complexity index is 934. The lowest BCUT2D eigenvalue weighted by atomic mass is 10.1. The van der Waals surface area contributed by atoms with E-state index in [0.29, 0.717) is 30.5 Å². The average molecular weight is 532 g/mol. The fraction of sp³-hybridized carbons (Fsp3) is 0.250. The molecule has 7 heteroatoms. The van der Waals surface area contributed by atoms with Gasteiger partial charge in [0.15, 0.2) is 17.5 Å². The zero-order chi connectivity index (χ0) is 21.0. The van der Waals surface area contributed by atoms with Crippen molar-refractivity contribution in [3.63, 3.8) is 0 Å². The Morgan fingerprint density at radius 1 is 0.903 bits per heavy atom. The zero-order valence-electron chi connectivity index (χ0n) is 17.9. The normalized spacial score (nSPS) is 10.7. The maximum absolute atomic E-state index is 5.87. The Labute approximate surface area is 201 Å². The predicted molar refractivity (Wildman–Crippen MR) is 136 cm³/mol. The summed E-state index contributed by atoms with van der Waals surface area (Å²) in [7, 11) is 1.77. The molecule has 0 fully saturated rings. The van der Waals surface area contributed by atoms with Crippen LogP contribution in [0.4, 0.5) is 0 Å². The number of para-hydroxylation sites is 2. The van der Waals surface area contributed by atoms with Crippen molar-refractivity contribution in [2.24, 2.45) is 4.99 Å². The van der Waals surface area contributed by atoms with Crippen LogP contribution in [0.1, 0.15) is 18.1 Å². The minimum atomic E-state index is 0. The Hall–Kier alpha value is -2.81. The van der Waals surface area contributed by atoms with Gasteiger partial charge in [0.2, 0.25) is 5.88 Å². The number of pyridine rings is 1. The molecule has 1 aromatic heterocycles. The van der Waals surface area contributed by atoms with Gasteiger partial charge in [-0.2, -0.15) is 0 Å². The standard InChI is InChI=1S/C24H28N4O2.HI/c1-3-29-21-11-7-8-12-22(21)30-23-14-13-20(17-27-23)18-28-24(25-2)26-16-15-19-9-5-4-6-10-19;/h4-14,17H,3,15-16,18H2,1-2H3,(H2,25,26,28);1H. The van der Waals surface area contributed by atoms with E-state index < -0.39 is 0 Å². The molecule has 0 saturated heterocycles. The molecule has 3 rings (SSSR count). The molecular weight excluding hydrogens is 503 g/mol. The van der Waals surface area contributed by atoms with E-state index in [2.05, 4.69) is 44.9 Å². The number of hydrogen-bond donors (Lipinski definition) is 2. The van der Waals surface area contributed by atoms with E-state index in [-0.39, 0.29) is 24.0 Å². The number of rotatable bonds is 9. The number of benzene rings is 2. The number of ether oxygens (including phenoxy) is 2. The highest BCUT2D eigenvalue weighted by Gasteiger charge is 2.06. The summed E-state index contributed by atoms with van der Waals surface area (Å²) in [6.07, 6.45) is 2.74. The van der Waals surface area contributed by atoms with Crippen LogP contribution in [0.5, 0.6) is 17.4 Å². The van der Waals surface area contributed by atoms with Crippen LogP contribution in [0.2, 0.25) is 0 Å². The van der Waals surface area contributed by atoms with Gasteiger partial charge >= 0.3 is 0 Å². The van der Waals surface area contributed by atoms with Crippen LogP contribution in [0, 0.1) is 0 Å². The second-order valence-corrected chi connectivity index (χ2v) is 6.57. The largest absolute Gasteiger partial charge is 0.490 e. The molecule has 0 saturated carbocycles. The zero-order valence-corrected chi connectivity index (χ0v) is 20.2. The molecule has 31 heavy (non-hydrogen) atoms. The van der Waals surface area contributed by atoms with Crippen molar-refractivity contribution >= 4 is 29.9 Å². The smallest absolute Gasteiger partial charge is 0.219 e. The lowest BCUT2D eigenvalue weighted by Gasteiger charge is -2.13. The Morgan fingerprint density at radius 2 is 1.65 bits per heavy atom. The summed E-state index contributed by atoms with van der Waals surface area (Å²) in [5.41, 5.74) is 2.33. The van der Waals surface area contributed by atoms with Crippen molar-refractivity contribution in [2.45, 2.75) is 19.9 Å². The molecule has 0 aliphatic rings. The van der Waals surface area contributed by atoms with E-state index in [1.54, 1.807) is 13.2 Å². The topological polar surface area (TPSA) is 67.8 Å². The molecule has 0 atom stereocenters. The second-order valence-electron chi connectivity index (χ2n) is 6.57. The first kappa shape index (κ1) is 24.5. The quantitative estimate of drug-likeness (QED) is 0.236. The Morgan fingerprint density at radius 3 is 2.32 bits per heavy atom. The van der Waals surface area contributed by atoms with Crippen molar-refractivity contribution in [1.82, 2.24) is 15.6 Å². The molecule has 164 valence electrons. The summed E-state index contributed by atoms with van der Waals surface area (Å²) in [5.74, 6) is 2.65. The maximum atomic E-state index is 5.87. The number of aliphatic imine (C=N–C) groups is 1. The van der Waals surface area contributed by atoms with Crippen LogP contribution < -0.4 is 20.1 Å². The highest BCUT2D eigenvalue weighted by atomic mass is 127. The summed E-state index contributed by atoms with van der Waals surface area (Å²) in [5, 5.41) is 6.64. The van der Waals surface area contributed by atoms with Gasteiger partial charge in [0, 0.05) is 32.4 Å². The van der Waals surface area contributed by atoms with Crippen molar-refractivity contribution in [3.05, 3.63) is 84.1 Å². The van der Waals surface area contributed by atoms with Gasteiger partial charge in [-0.05, 0) is 36.6 Å². The van der Waals surface area contributed by atoms with Crippen LogP contribution in [-0.4, -0.2) is 31.1 Å². The summed E-state index contributed by atoms with van der Waals surface area (Å²) in [4.78, 5) is 8.67. The van der Waals surface area contributed by atoms with Crippen molar-refractivity contribution in [1.29, 1.82) is 0 Å². The summed E-state index contributed by atoms with van der Waals surface area (Å²) < 4.78 is 11.5. The first-order chi connectivity index (χ1) is 14.8.